The molecule has 0 saturated heterocycles. The molecule has 0 radical (unpaired) electrons. The Morgan fingerprint density at radius 1 is 1.00 bits per heavy atom. The molecule has 4 heterocycles. The van der Waals surface area contributed by atoms with Crippen molar-refractivity contribution in [3.05, 3.63) is 76.2 Å². The summed E-state index contributed by atoms with van der Waals surface area (Å²) in [4.78, 5) is 15.3. The molecule has 2 aromatic carbocycles. The Bertz CT molecular complexity index is 1790. The van der Waals surface area contributed by atoms with Crippen LogP contribution in [0.15, 0.2) is 48.8 Å². The number of fused-ring (bicyclic) bond motifs is 5. The summed E-state index contributed by atoms with van der Waals surface area (Å²) in [6.07, 6.45) is 1.72. The number of aromatic nitrogens is 5. The van der Waals surface area contributed by atoms with Gasteiger partial charge in [-0.15, -0.1) is 16.4 Å². The zero-order valence-corrected chi connectivity index (χ0v) is 21.7. The van der Waals surface area contributed by atoms with E-state index < -0.39 is 0 Å². The standard InChI is InChI=1S/C27H22ClN5O2S/c1-14-10-19(6-7-20(14)28)35-12-18-11-17(5-8-21(18)34-4)25-31-26-24-23(29-13-33(26)32-25)22-15(2)9-16(3)30-27(22)36-24/h5-11,13H,12H2,1-4H3. The number of thiophene rings is 1. The fourth-order valence-corrected chi connectivity index (χ4v) is 5.73. The maximum absolute atomic E-state index is 6.14. The second kappa shape index (κ2) is 8.72. The van der Waals surface area contributed by atoms with E-state index in [9.17, 15) is 0 Å². The van der Waals surface area contributed by atoms with Crippen molar-refractivity contribution in [3.8, 4) is 22.9 Å². The second-order valence-electron chi connectivity index (χ2n) is 8.71. The Labute approximate surface area is 216 Å². The summed E-state index contributed by atoms with van der Waals surface area (Å²) in [5, 5.41) is 6.50. The molecule has 180 valence electrons. The van der Waals surface area contributed by atoms with E-state index in [2.05, 4.69) is 13.0 Å². The number of hydrogen-bond acceptors (Lipinski definition) is 7. The van der Waals surface area contributed by atoms with Gasteiger partial charge in [-0.3, -0.25) is 0 Å². The van der Waals surface area contributed by atoms with Gasteiger partial charge in [0.15, 0.2) is 11.5 Å². The molecule has 0 N–H and O–H groups in total. The lowest BCUT2D eigenvalue weighted by atomic mass is 10.1. The molecular formula is C27H22ClN5O2S. The first-order valence-electron chi connectivity index (χ1n) is 11.4. The van der Waals surface area contributed by atoms with Gasteiger partial charge in [-0.05, 0) is 74.4 Å². The van der Waals surface area contributed by atoms with Gasteiger partial charge in [0.1, 0.15) is 34.0 Å². The number of nitrogens with zero attached hydrogens (tertiary/aromatic N) is 5. The molecule has 0 aliphatic carbocycles. The van der Waals surface area contributed by atoms with Crippen LogP contribution in [0, 0.1) is 20.8 Å². The highest BCUT2D eigenvalue weighted by Crippen LogP contribution is 2.36. The minimum absolute atomic E-state index is 0.331. The number of halogens is 1. The summed E-state index contributed by atoms with van der Waals surface area (Å²) in [6, 6.07) is 13.6. The summed E-state index contributed by atoms with van der Waals surface area (Å²) in [5.74, 6) is 2.08. The summed E-state index contributed by atoms with van der Waals surface area (Å²) in [5.41, 5.74) is 6.55. The van der Waals surface area contributed by atoms with Crippen molar-refractivity contribution in [2.75, 3.05) is 7.11 Å². The molecule has 6 rings (SSSR count). The van der Waals surface area contributed by atoms with Crippen LogP contribution in [0.4, 0.5) is 0 Å². The van der Waals surface area contributed by atoms with E-state index in [0.717, 1.165) is 65.5 Å². The van der Waals surface area contributed by atoms with Gasteiger partial charge >= 0.3 is 0 Å². The van der Waals surface area contributed by atoms with Crippen LogP contribution < -0.4 is 9.47 Å². The summed E-state index contributed by atoms with van der Waals surface area (Å²) < 4.78 is 14.3. The van der Waals surface area contributed by atoms with Gasteiger partial charge in [0.05, 0.1) is 12.6 Å². The maximum atomic E-state index is 6.14. The Morgan fingerprint density at radius 3 is 2.67 bits per heavy atom. The zero-order chi connectivity index (χ0) is 25.0. The number of rotatable bonds is 5. The third-order valence-electron chi connectivity index (χ3n) is 6.16. The number of pyridine rings is 1. The van der Waals surface area contributed by atoms with Crippen LogP contribution in [-0.4, -0.2) is 31.7 Å². The van der Waals surface area contributed by atoms with E-state index in [1.807, 2.05) is 50.2 Å². The van der Waals surface area contributed by atoms with Gasteiger partial charge in [0, 0.05) is 27.2 Å². The van der Waals surface area contributed by atoms with Crippen LogP contribution >= 0.6 is 22.9 Å². The molecule has 0 aliphatic heterocycles. The van der Waals surface area contributed by atoms with Crippen molar-refractivity contribution in [3.63, 3.8) is 0 Å². The monoisotopic (exact) mass is 515 g/mol. The number of hydrogen-bond donors (Lipinski definition) is 0. The van der Waals surface area contributed by atoms with Crippen molar-refractivity contribution in [1.82, 2.24) is 24.6 Å². The molecule has 0 amide bonds. The molecule has 0 unspecified atom stereocenters. The van der Waals surface area contributed by atoms with E-state index in [-0.39, 0.29) is 0 Å². The van der Waals surface area contributed by atoms with Crippen molar-refractivity contribution >= 4 is 49.0 Å². The lowest BCUT2D eigenvalue weighted by molar-refractivity contribution is 0.296. The molecule has 0 saturated carbocycles. The van der Waals surface area contributed by atoms with Crippen LogP contribution in [0.25, 0.3) is 37.5 Å². The fraction of sp³-hybridized carbons (Fsp3) is 0.185. The van der Waals surface area contributed by atoms with Gasteiger partial charge in [0.2, 0.25) is 0 Å². The molecule has 36 heavy (non-hydrogen) atoms. The van der Waals surface area contributed by atoms with Crippen molar-refractivity contribution < 1.29 is 9.47 Å². The first-order chi connectivity index (χ1) is 17.4. The lowest BCUT2D eigenvalue weighted by Crippen LogP contribution is -2.00. The Hall–Kier alpha value is -3.75. The summed E-state index contributed by atoms with van der Waals surface area (Å²) >= 11 is 7.74. The SMILES string of the molecule is COc1ccc(-c2nc3c4sc5nc(C)cc(C)c5c4ncn3n2)cc1COc1ccc(Cl)c(C)c1. The van der Waals surface area contributed by atoms with Crippen LogP contribution in [0.5, 0.6) is 11.5 Å². The normalized spacial score (nSPS) is 11.6. The zero-order valence-electron chi connectivity index (χ0n) is 20.2. The summed E-state index contributed by atoms with van der Waals surface area (Å²) in [7, 11) is 1.65. The number of ether oxygens (including phenoxy) is 2. The van der Waals surface area contributed by atoms with E-state index in [0.29, 0.717) is 17.5 Å². The Kier molecular flexibility index (Phi) is 5.50. The smallest absolute Gasteiger partial charge is 0.182 e. The fourth-order valence-electron chi connectivity index (χ4n) is 4.39. The molecule has 0 spiro atoms. The quantitative estimate of drug-likeness (QED) is 0.254. The Balaban J connectivity index is 1.40. The second-order valence-corrected chi connectivity index (χ2v) is 10.1. The average molecular weight is 516 g/mol. The topological polar surface area (TPSA) is 74.4 Å². The minimum atomic E-state index is 0.331. The lowest BCUT2D eigenvalue weighted by Gasteiger charge is -2.12. The van der Waals surface area contributed by atoms with Gasteiger partial charge < -0.3 is 9.47 Å². The van der Waals surface area contributed by atoms with Gasteiger partial charge in [-0.2, -0.15) is 0 Å². The largest absolute Gasteiger partial charge is 0.496 e. The van der Waals surface area contributed by atoms with E-state index in [1.54, 1.807) is 29.3 Å². The summed E-state index contributed by atoms with van der Waals surface area (Å²) in [6.45, 7) is 6.38. The van der Waals surface area contributed by atoms with Crippen molar-refractivity contribution in [1.29, 1.82) is 0 Å². The van der Waals surface area contributed by atoms with Crippen molar-refractivity contribution in [2.45, 2.75) is 27.4 Å². The van der Waals surface area contributed by atoms with Crippen molar-refractivity contribution in [2.24, 2.45) is 0 Å². The molecule has 9 heteroatoms. The third-order valence-corrected chi connectivity index (χ3v) is 7.65. The van der Waals surface area contributed by atoms with Crippen LogP contribution in [0.2, 0.25) is 5.02 Å². The highest BCUT2D eigenvalue weighted by molar-refractivity contribution is 7.26. The van der Waals surface area contributed by atoms with Gasteiger partial charge in [-0.1, -0.05) is 11.6 Å². The first-order valence-corrected chi connectivity index (χ1v) is 12.6. The molecule has 6 aromatic rings. The van der Waals surface area contributed by atoms with Crippen LogP contribution in [-0.2, 0) is 6.61 Å². The molecule has 0 fully saturated rings. The van der Waals surface area contributed by atoms with E-state index in [1.165, 1.54) is 0 Å². The highest BCUT2D eigenvalue weighted by atomic mass is 35.5. The maximum Gasteiger partial charge on any atom is 0.182 e. The number of benzene rings is 2. The molecule has 7 nitrogen and oxygen atoms in total. The third kappa shape index (κ3) is 3.83. The molecule has 0 aliphatic rings. The van der Waals surface area contributed by atoms with E-state index >= 15 is 0 Å². The molecular weight excluding hydrogens is 494 g/mol. The first kappa shape index (κ1) is 22.7. The number of methoxy groups -OCH3 is 1. The minimum Gasteiger partial charge on any atom is -0.496 e. The van der Waals surface area contributed by atoms with E-state index in [4.69, 9.17) is 41.1 Å². The molecule has 4 aromatic heterocycles. The van der Waals surface area contributed by atoms with Gasteiger partial charge in [0.25, 0.3) is 0 Å². The van der Waals surface area contributed by atoms with Crippen LogP contribution in [0.1, 0.15) is 22.4 Å². The van der Waals surface area contributed by atoms with Gasteiger partial charge in [-0.25, -0.2) is 19.5 Å². The number of aryl methyl sites for hydroxylation is 3. The Morgan fingerprint density at radius 2 is 1.86 bits per heavy atom. The van der Waals surface area contributed by atoms with Crippen LogP contribution in [0.3, 0.4) is 0 Å². The molecule has 0 bridgehead atoms. The predicted octanol–water partition coefficient (Wildman–Crippen LogP) is 6.72. The predicted molar refractivity (Wildman–Crippen MR) is 143 cm³/mol. The highest BCUT2D eigenvalue weighted by Gasteiger charge is 2.18. The average Bonchev–Trinajstić information content (AvgIpc) is 3.46. The molecule has 0 atom stereocenters.